The van der Waals surface area contributed by atoms with Gasteiger partial charge in [0.15, 0.2) is 11.6 Å². The van der Waals surface area contributed by atoms with Crippen LogP contribution in [0.25, 0.3) is 0 Å². The molecule has 5 aliphatic rings. The lowest BCUT2D eigenvalue weighted by molar-refractivity contribution is -0.160. The van der Waals surface area contributed by atoms with Crippen molar-refractivity contribution < 1.29 is 19.4 Å². The van der Waals surface area contributed by atoms with Gasteiger partial charge in [-0.25, -0.2) is 0 Å². The van der Waals surface area contributed by atoms with Crippen molar-refractivity contribution in [2.45, 2.75) is 63.8 Å². The molecule has 0 bridgehead atoms. The third kappa shape index (κ3) is 1.79. The minimum absolute atomic E-state index is 0.00949. The zero-order valence-electron chi connectivity index (χ0n) is 16.1. The van der Waals surface area contributed by atoms with Crippen LogP contribution >= 0.6 is 11.6 Å². The molecule has 4 aliphatic carbocycles. The zero-order valence-corrected chi connectivity index (χ0v) is 16.9. The number of allylic oxidation sites excluding steroid dienone is 2. The number of aliphatic hydroxyl groups is 1. The summed E-state index contributed by atoms with van der Waals surface area (Å²) in [6, 6.07) is 0. The van der Waals surface area contributed by atoms with Crippen molar-refractivity contribution in [1.29, 1.82) is 0 Å². The molecule has 4 fully saturated rings. The number of epoxide rings is 1. The molecule has 5 rings (SSSR count). The third-order valence-corrected chi connectivity index (χ3v) is 9.30. The summed E-state index contributed by atoms with van der Waals surface area (Å²) in [6.45, 7) is 6.26. The molecular weight excluding hydrogens is 364 g/mol. The van der Waals surface area contributed by atoms with E-state index in [0.717, 1.165) is 19.3 Å². The van der Waals surface area contributed by atoms with Gasteiger partial charge in [0.1, 0.15) is 11.2 Å². The highest BCUT2D eigenvalue weighted by Crippen LogP contribution is 2.76. The van der Waals surface area contributed by atoms with Gasteiger partial charge in [-0.3, -0.25) is 9.59 Å². The molecule has 1 heterocycles. The van der Waals surface area contributed by atoms with Gasteiger partial charge in [-0.2, -0.15) is 0 Å². The molecule has 2 unspecified atom stereocenters. The molecule has 1 saturated heterocycles. The second-order valence-corrected chi connectivity index (χ2v) is 10.1. The Kier molecular flexibility index (Phi) is 3.44. The van der Waals surface area contributed by atoms with Crippen molar-refractivity contribution in [3.63, 3.8) is 0 Å². The summed E-state index contributed by atoms with van der Waals surface area (Å²) in [6.07, 6.45) is 8.83. The van der Waals surface area contributed by atoms with E-state index < -0.39 is 11.0 Å². The molecule has 1 aliphatic heterocycles. The molecular formula is C22H27ClO4. The Morgan fingerprint density at radius 2 is 2.11 bits per heavy atom. The summed E-state index contributed by atoms with van der Waals surface area (Å²) in [5, 5.41) is 11.6. The molecule has 4 nitrogen and oxygen atoms in total. The number of fused-ring (bicyclic) bond motifs is 3. The van der Waals surface area contributed by atoms with E-state index in [4.69, 9.17) is 16.3 Å². The minimum Gasteiger partial charge on any atom is -0.381 e. The van der Waals surface area contributed by atoms with E-state index in [1.165, 1.54) is 5.57 Å². The zero-order chi connectivity index (χ0) is 19.4. The fraction of sp³-hybridized carbons (Fsp3) is 0.727. The van der Waals surface area contributed by atoms with Gasteiger partial charge in [-0.1, -0.05) is 25.5 Å². The van der Waals surface area contributed by atoms with Gasteiger partial charge in [0.25, 0.3) is 0 Å². The molecule has 5 heteroatoms. The van der Waals surface area contributed by atoms with E-state index in [1.54, 1.807) is 12.2 Å². The number of rotatable bonds is 2. The number of hydrogen-bond donors (Lipinski definition) is 1. The number of alkyl halides is 1. The van der Waals surface area contributed by atoms with Crippen LogP contribution in [0.15, 0.2) is 23.8 Å². The molecule has 146 valence electrons. The van der Waals surface area contributed by atoms with Crippen LogP contribution in [0, 0.1) is 28.6 Å². The van der Waals surface area contributed by atoms with Crippen LogP contribution in [-0.4, -0.2) is 39.9 Å². The van der Waals surface area contributed by atoms with Crippen LogP contribution in [0.4, 0.5) is 0 Å². The average molecular weight is 391 g/mol. The number of carbonyl (C=O) groups is 2. The van der Waals surface area contributed by atoms with E-state index in [-0.39, 0.29) is 52.3 Å². The van der Waals surface area contributed by atoms with Crippen LogP contribution in [0.3, 0.4) is 0 Å². The fourth-order valence-corrected chi connectivity index (χ4v) is 7.88. The van der Waals surface area contributed by atoms with Gasteiger partial charge in [-0.15, -0.1) is 11.6 Å². The first-order valence-electron chi connectivity index (χ1n) is 10.1. The second kappa shape index (κ2) is 5.14. The van der Waals surface area contributed by atoms with Gasteiger partial charge < -0.3 is 9.84 Å². The molecule has 0 aromatic rings. The molecule has 0 aromatic heterocycles. The van der Waals surface area contributed by atoms with Crippen LogP contribution in [0.2, 0.25) is 0 Å². The Balaban J connectivity index is 1.60. The van der Waals surface area contributed by atoms with Crippen LogP contribution in [-0.2, 0) is 14.3 Å². The first-order chi connectivity index (χ1) is 12.6. The van der Waals surface area contributed by atoms with Crippen molar-refractivity contribution in [3.8, 4) is 0 Å². The Bertz CT molecular complexity index is 817. The van der Waals surface area contributed by atoms with E-state index >= 15 is 0 Å². The molecule has 0 radical (unpaired) electrons. The second-order valence-electron chi connectivity index (χ2n) is 9.84. The van der Waals surface area contributed by atoms with Gasteiger partial charge in [0.2, 0.25) is 0 Å². The van der Waals surface area contributed by atoms with Crippen molar-refractivity contribution >= 4 is 23.2 Å². The normalized spacial score (nSPS) is 55.1. The Labute approximate surface area is 165 Å². The number of carbonyl (C=O) groups excluding carboxylic acids is 2. The largest absolute Gasteiger partial charge is 0.381 e. The van der Waals surface area contributed by atoms with E-state index in [1.807, 2.05) is 13.0 Å². The molecule has 1 spiro atoms. The van der Waals surface area contributed by atoms with Crippen molar-refractivity contribution in [2.75, 3.05) is 5.88 Å². The standard InChI is InChI=1S/C22H27ClO4/c1-12-8-16-15-5-4-13-9-14(24)6-7-19(13,2)22(15)18(27-22)10-20(16,3)21(12,26)17(25)11-23/h6-7,9,12,15-16,18,26H,4-5,8,10-11H2,1-3H3/t12-,15?,16?,18+,19+,20+,21+,22-/m1/s1. The third-order valence-electron chi connectivity index (χ3n) is 9.06. The summed E-state index contributed by atoms with van der Waals surface area (Å²) in [4.78, 5) is 24.7. The predicted octanol–water partition coefficient (Wildman–Crippen LogP) is 3.21. The minimum atomic E-state index is -1.38. The molecule has 0 amide bonds. The number of ketones is 2. The van der Waals surface area contributed by atoms with Gasteiger partial charge in [0, 0.05) is 10.8 Å². The highest BCUT2D eigenvalue weighted by atomic mass is 35.5. The topological polar surface area (TPSA) is 66.9 Å². The summed E-state index contributed by atoms with van der Waals surface area (Å²) < 4.78 is 6.46. The van der Waals surface area contributed by atoms with E-state index in [9.17, 15) is 14.7 Å². The molecule has 1 N–H and O–H groups in total. The fourth-order valence-electron chi connectivity index (χ4n) is 7.68. The number of hydrogen-bond acceptors (Lipinski definition) is 4. The maximum atomic E-state index is 12.7. The van der Waals surface area contributed by atoms with Gasteiger partial charge in [0.05, 0.1) is 12.0 Å². The number of ether oxygens (including phenoxy) is 1. The maximum Gasteiger partial charge on any atom is 0.179 e. The summed E-state index contributed by atoms with van der Waals surface area (Å²) in [5.74, 6) is 0.0439. The van der Waals surface area contributed by atoms with Gasteiger partial charge >= 0.3 is 0 Å². The Hall–Kier alpha value is -0.970. The van der Waals surface area contributed by atoms with E-state index in [2.05, 4.69) is 13.8 Å². The molecule has 8 atom stereocenters. The van der Waals surface area contributed by atoms with Crippen molar-refractivity contribution in [2.24, 2.45) is 28.6 Å². The van der Waals surface area contributed by atoms with Gasteiger partial charge in [-0.05, 0) is 62.5 Å². The highest BCUT2D eigenvalue weighted by molar-refractivity contribution is 6.29. The summed E-state index contributed by atoms with van der Waals surface area (Å²) in [7, 11) is 0. The van der Waals surface area contributed by atoms with E-state index in [0.29, 0.717) is 6.42 Å². The lowest BCUT2D eigenvalue weighted by atomic mass is 9.47. The molecule has 3 saturated carbocycles. The Morgan fingerprint density at radius 1 is 1.37 bits per heavy atom. The lowest BCUT2D eigenvalue weighted by Gasteiger charge is -2.55. The lowest BCUT2D eigenvalue weighted by Crippen LogP contribution is -2.62. The first-order valence-corrected chi connectivity index (χ1v) is 10.6. The predicted molar refractivity (Wildman–Crippen MR) is 101 cm³/mol. The van der Waals surface area contributed by atoms with Crippen molar-refractivity contribution in [1.82, 2.24) is 0 Å². The summed E-state index contributed by atoms with van der Waals surface area (Å²) in [5.41, 5.74) is -1.29. The highest BCUT2D eigenvalue weighted by Gasteiger charge is 2.81. The first kappa shape index (κ1) is 18.1. The summed E-state index contributed by atoms with van der Waals surface area (Å²) >= 11 is 5.90. The van der Waals surface area contributed by atoms with Crippen LogP contribution < -0.4 is 0 Å². The monoisotopic (exact) mass is 390 g/mol. The Morgan fingerprint density at radius 3 is 2.81 bits per heavy atom. The number of halogens is 1. The quantitative estimate of drug-likeness (QED) is 0.580. The smallest absolute Gasteiger partial charge is 0.179 e. The maximum absolute atomic E-state index is 12.7. The average Bonchev–Trinajstić information content (AvgIpc) is 3.31. The van der Waals surface area contributed by atoms with Crippen molar-refractivity contribution in [3.05, 3.63) is 23.8 Å². The van der Waals surface area contributed by atoms with Crippen LogP contribution in [0.5, 0.6) is 0 Å². The molecule has 0 aromatic carbocycles. The SMILES string of the molecule is C[C@@H]1CC2C3CCC4=CC(=O)C=C[C@]4(C)[C@@]34O[C@H]4C[C@]2(C)[C@@]1(O)C(=O)CCl. The molecule has 27 heavy (non-hydrogen) atoms. The number of Topliss-reactive ketones (excluding diaryl/α,β-unsaturated/α-hetero) is 1. The van der Waals surface area contributed by atoms with Crippen LogP contribution in [0.1, 0.15) is 46.5 Å².